The topological polar surface area (TPSA) is 49.3 Å². The fraction of sp³-hybridized carbons (Fsp3) is 0.357. The molecule has 1 aromatic carbocycles. The van der Waals surface area contributed by atoms with Gasteiger partial charge in [0, 0.05) is 27.3 Å². The number of aliphatic hydroxyl groups is 1. The molecule has 6 heteroatoms. The highest BCUT2D eigenvalue weighted by molar-refractivity contribution is 7.21. The molecule has 108 valence electrons. The van der Waals surface area contributed by atoms with Crippen molar-refractivity contribution in [2.75, 3.05) is 6.61 Å². The summed E-state index contributed by atoms with van der Waals surface area (Å²) < 4.78 is 0.882. The van der Waals surface area contributed by atoms with E-state index in [9.17, 15) is 4.79 Å². The summed E-state index contributed by atoms with van der Waals surface area (Å²) in [5.41, 5.74) is -0.483. The number of hydrogen-bond donors (Lipinski definition) is 2. The molecule has 3 nitrogen and oxygen atoms in total. The fourth-order valence-electron chi connectivity index (χ4n) is 1.89. The minimum absolute atomic E-state index is 0.0169. The fourth-order valence-corrected chi connectivity index (χ4v) is 3.58. The summed E-state index contributed by atoms with van der Waals surface area (Å²) in [4.78, 5) is 12.8. The Labute approximate surface area is 131 Å². The van der Waals surface area contributed by atoms with E-state index in [1.165, 1.54) is 11.3 Å². The van der Waals surface area contributed by atoms with Gasteiger partial charge in [0.05, 0.1) is 5.02 Å². The lowest BCUT2D eigenvalue weighted by Crippen LogP contribution is -2.43. The van der Waals surface area contributed by atoms with Crippen molar-refractivity contribution in [3.63, 3.8) is 0 Å². The maximum atomic E-state index is 12.3. The summed E-state index contributed by atoms with van der Waals surface area (Å²) in [6.45, 7) is 3.74. The summed E-state index contributed by atoms with van der Waals surface area (Å²) in [7, 11) is 0. The van der Waals surface area contributed by atoms with Crippen molar-refractivity contribution in [3.05, 3.63) is 33.1 Å². The second-order valence-electron chi connectivity index (χ2n) is 5.20. The molecule has 0 aliphatic heterocycles. The normalized spacial score (nSPS) is 11.8. The Kier molecular flexibility index (Phi) is 4.59. The number of rotatable bonds is 4. The second-order valence-corrected chi connectivity index (χ2v) is 7.06. The highest BCUT2D eigenvalue weighted by Gasteiger charge is 2.24. The minimum atomic E-state index is -0.483. The molecule has 2 aromatic rings. The Hall–Kier alpha value is -0.810. The number of amides is 1. The number of carbonyl (C=O) groups excluding carboxylic acids is 1. The number of hydrogen-bond acceptors (Lipinski definition) is 3. The Bertz CT molecular complexity index is 652. The van der Waals surface area contributed by atoms with E-state index < -0.39 is 5.54 Å². The van der Waals surface area contributed by atoms with E-state index in [4.69, 9.17) is 28.3 Å². The van der Waals surface area contributed by atoms with Gasteiger partial charge in [-0.3, -0.25) is 4.79 Å². The van der Waals surface area contributed by atoms with Crippen molar-refractivity contribution in [1.29, 1.82) is 0 Å². The molecule has 0 aliphatic carbocycles. The third-order valence-corrected chi connectivity index (χ3v) is 4.88. The number of halogens is 2. The Morgan fingerprint density at radius 1 is 1.40 bits per heavy atom. The molecule has 0 saturated carbocycles. The molecule has 1 aromatic heterocycles. The molecule has 0 atom stereocenters. The molecule has 0 bridgehead atoms. The average Bonchev–Trinajstić information content (AvgIpc) is 2.65. The van der Waals surface area contributed by atoms with Crippen LogP contribution < -0.4 is 5.32 Å². The maximum absolute atomic E-state index is 12.3. The monoisotopic (exact) mass is 331 g/mol. The number of thiophene rings is 1. The second kappa shape index (κ2) is 5.90. The summed E-state index contributed by atoms with van der Waals surface area (Å²) in [5, 5.41) is 13.8. The molecule has 0 saturated heterocycles. The standard InChI is InChI=1S/C14H15Cl2NO2S/c1-14(2,5-6-18)17-13(19)12-11(16)9-4-3-8(15)7-10(9)20-12/h3-4,7,18H,5-6H2,1-2H3,(H,17,19). The largest absolute Gasteiger partial charge is 0.396 e. The van der Waals surface area contributed by atoms with Crippen LogP contribution in [0.3, 0.4) is 0 Å². The van der Waals surface area contributed by atoms with Gasteiger partial charge in [-0.15, -0.1) is 11.3 Å². The van der Waals surface area contributed by atoms with Gasteiger partial charge < -0.3 is 10.4 Å². The molecule has 0 spiro atoms. The predicted molar refractivity (Wildman–Crippen MR) is 85.1 cm³/mol. The number of benzene rings is 1. The highest BCUT2D eigenvalue weighted by Crippen LogP contribution is 2.36. The number of fused-ring (bicyclic) bond motifs is 1. The maximum Gasteiger partial charge on any atom is 0.263 e. The molecule has 0 aliphatic rings. The van der Waals surface area contributed by atoms with Gasteiger partial charge in [-0.2, -0.15) is 0 Å². The lowest BCUT2D eigenvalue weighted by molar-refractivity contribution is 0.0904. The predicted octanol–water partition coefficient (Wildman–Crippen LogP) is 4.10. The van der Waals surface area contributed by atoms with Gasteiger partial charge >= 0.3 is 0 Å². The van der Waals surface area contributed by atoms with E-state index in [0.29, 0.717) is 21.3 Å². The highest BCUT2D eigenvalue weighted by atomic mass is 35.5. The first-order valence-corrected chi connectivity index (χ1v) is 7.72. The third kappa shape index (κ3) is 3.26. The average molecular weight is 332 g/mol. The van der Waals surface area contributed by atoms with Crippen molar-refractivity contribution >= 4 is 50.5 Å². The van der Waals surface area contributed by atoms with E-state index in [1.807, 2.05) is 19.9 Å². The van der Waals surface area contributed by atoms with Crippen LogP contribution in [0.4, 0.5) is 0 Å². The van der Waals surface area contributed by atoms with Crippen LogP contribution in [0, 0.1) is 0 Å². The molecule has 1 heterocycles. The summed E-state index contributed by atoms with van der Waals surface area (Å²) >= 11 is 13.5. The van der Waals surface area contributed by atoms with Crippen molar-refractivity contribution in [2.45, 2.75) is 25.8 Å². The molecule has 0 radical (unpaired) electrons. The van der Waals surface area contributed by atoms with E-state index in [2.05, 4.69) is 5.32 Å². The van der Waals surface area contributed by atoms with E-state index in [-0.39, 0.29) is 12.5 Å². The molecule has 1 amide bonds. The molecular formula is C14H15Cl2NO2S. The summed E-state index contributed by atoms with van der Waals surface area (Å²) in [6, 6.07) is 5.36. The number of nitrogens with one attached hydrogen (secondary N) is 1. The van der Waals surface area contributed by atoms with Crippen molar-refractivity contribution in [1.82, 2.24) is 5.32 Å². The van der Waals surface area contributed by atoms with Gasteiger partial charge in [-0.05, 0) is 32.4 Å². The van der Waals surface area contributed by atoms with Crippen LogP contribution in [0.1, 0.15) is 29.9 Å². The Morgan fingerprint density at radius 3 is 2.75 bits per heavy atom. The van der Waals surface area contributed by atoms with Crippen LogP contribution in [-0.4, -0.2) is 23.2 Å². The Balaban J connectivity index is 2.33. The lowest BCUT2D eigenvalue weighted by Gasteiger charge is -2.25. The van der Waals surface area contributed by atoms with E-state index >= 15 is 0 Å². The molecule has 0 fully saturated rings. The van der Waals surface area contributed by atoms with Gasteiger partial charge in [0.1, 0.15) is 4.88 Å². The lowest BCUT2D eigenvalue weighted by atomic mass is 10.0. The van der Waals surface area contributed by atoms with Gasteiger partial charge in [-0.1, -0.05) is 29.3 Å². The van der Waals surface area contributed by atoms with Crippen LogP contribution in [0.5, 0.6) is 0 Å². The van der Waals surface area contributed by atoms with E-state index in [1.54, 1.807) is 12.1 Å². The molecule has 0 unspecified atom stereocenters. The first-order chi connectivity index (χ1) is 9.34. The third-order valence-electron chi connectivity index (χ3n) is 2.99. The smallest absolute Gasteiger partial charge is 0.263 e. The summed E-state index contributed by atoms with van der Waals surface area (Å²) in [6.07, 6.45) is 0.479. The SMILES string of the molecule is CC(C)(CCO)NC(=O)c1sc2cc(Cl)ccc2c1Cl. The summed E-state index contributed by atoms with van der Waals surface area (Å²) in [5.74, 6) is -0.231. The Morgan fingerprint density at radius 2 is 2.10 bits per heavy atom. The van der Waals surface area contributed by atoms with Crippen molar-refractivity contribution < 1.29 is 9.90 Å². The zero-order chi connectivity index (χ0) is 14.9. The van der Waals surface area contributed by atoms with Crippen LogP contribution in [0.15, 0.2) is 18.2 Å². The van der Waals surface area contributed by atoms with Crippen molar-refractivity contribution in [2.24, 2.45) is 0 Å². The molecule has 2 N–H and O–H groups in total. The molecular weight excluding hydrogens is 317 g/mol. The minimum Gasteiger partial charge on any atom is -0.396 e. The van der Waals surface area contributed by atoms with Gasteiger partial charge in [-0.25, -0.2) is 0 Å². The molecule has 20 heavy (non-hydrogen) atoms. The number of aliphatic hydroxyl groups excluding tert-OH is 1. The van der Waals surface area contributed by atoms with Gasteiger partial charge in [0.2, 0.25) is 0 Å². The van der Waals surface area contributed by atoms with Crippen LogP contribution in [0.25, 0.3) is 10.1 Å². The zero-order valence-corrected chi connectivity index (χ0v) is 13.5. The first kappa shape index (κ1) is 15.6. The van der Waals surface area contributed by atoms with Crippen LogP contribution in [-0.2, 0) is 0 Å². The van der Waals surface area contributed by atoms with Gasteiger partial charge in [0.25, 0.3) is 5.91 Å². The van der Waals surface area contributed by atoms with Crippen LogP contribution in [0.2, 0.25) is 10.0 Å². The number of carbonyl (C=O) groups is 1. The molecule has 2 rings (SSSR count). The zero-order valence-electron chi connectivity index (χ0n) is 11.2. The van der Waals surface area contributed by atoms with Gasteiger partial charge in [0.15, 0.2) is 0 Å². The first-order valence-electron chi connectivity index (χ1n) is 6.15. The van der Waals surface area contributed by atoms with E-state index in [0.717, 1.165) is 10.1 Å². The van der Waals surface area contributed by atoms with Crippen LogP contribution >= 0.6 is 34.5 Å². The van der Waals surface area contributed by atoms with Crippen molar-refractivity contribution in [3.8, 4) is 0 Å². The quantitative estimate of drug-likeness (QED) is 0.886.